The van der Waals surface area contributed by atoms with Crippen LogP contribution in [-0.2, 0) is 14.6 Å². The summed E-state index contributed by atoms with van der Waals surface area (Å²) in [5, 5.41) is 18.9. The largest absolute Gasteiger partial charge is 0.477 e. The molecule has 7 heteroatoms. The van der Waals surface area contributed by atoms with Crippen molar-refractivity contribution in [2.75, 3.05) is 6.61 Å². The molecule has 0 aliphatic rings. The molecule has 0 rings (SSSR count). The molecule has 0 aromatic heterocycles. The standard InChI is InChI=1S/C7H10F3O4/c1-2-3-4-14-6(13,5(11)12)7(8,9)10/h2-4H2,1H3,(H,11,12). The highest BCUT2D eigenvalue weighted by molar-refractivity contribution is 5.76. The van der Waals surface area contributed by atoms with Crippen molar-refractivity contribution >= 4 is 5.97 Å². The van der Waals surface area contributed by atoms with Crippen LogP contribution in [0.5, 0.6) is 0 Å². The van der Waals surface area contributed by atoms with Crippen LogP contribution < -0.4 is 0 Å². The molecule has 0 fully saturated rings. The monoisotopic (exact) mass is 215 g/mol. The second-order valence-electron chi connectivity index (χ2n) is 2.62. The first-order valence-electron chi connectivity index (χ1n) is 3.90. The van der Waals surface area contributed by atoms with Gasteiger partial charge in [0.05, 0.1) is 6.61 Å². The normalized spacial score (nSPS) is 16.4. The number of aliphatic carboxylic acids is 1. The number of halogens is 3. The lowest BCUT2D eigenvalue weighted by atomic mass is 10.2. The van der Waals surface area contributed by atoms with Gasteiger partial charge in [0.15, 0.2) is 0 Å². The third kappa shape index (κ3) is 2.85. The van der Waals surface area contributed by atoms with E-state index in [0.717, 1.165) is 0 Å². The number of rotatable bonds is 5. The topological polar surface area (TPSA) is 66.4 Å². The number of carboxylic acids is 1. The fourth-order valence-corrected chi connectivity index (χ4v) is 0.625. The van der Waals surface area contributed by atoms with Crippen LogP contribution in [0, 0.1) is 0 Å². The zero-order valence-electron chi connectivity index (χ0n) is 7.43. The highest BCUT2D eigenvalue weighted by Crippen LogP contribution is 2.32. The van der Waals surface area contributed by atoms with Crippen molar-refractivity contribution in [2.45, 2.75) is 31.7 Å². The van der Waals surface area contributed by atoms with E-state index in [1.807, 2.05) is 0 Å². The second-order valence-corrected chi connectivity index (χ2v) is 2.62. The Morgan fingerprint density at radius 2 is 1.93 bits per heavy atom. The van der Waals surface area contributed by atoms with E-state index in [1.165, 1.54) is 0 Å². The summed E-state index contributed by atoms with van der Waals surface area (Å²) < 4.78 is 39.7. The number of ether oxygens (including phenoxy) is 1. The minimum atomic E-state index is -5.45. The van der Waals surface area contributed by atoms with Crippen LogP contribution in [0.1, 0.15) is 19.8 Å². The molecule has 83 valence electrons. The molecule has 1 unspecified atom stereocenters. The first kappa shape index (κ1) is 13.2. The second kappa shape index (κ2) is 4.61. The molecule has 14 heavy (non-hydrogen) atoms. The average Bonchev–Trinajstić information content (AvgIpc) is 2.02. The molecular formula is C7H10F3O4. The lowest BCUT2D eigenvalue weighted by molar-refractivity contribution is -0.371. The minimum absolute atomic E-state index is 0.202. The van der Waals surface area contributed by atoms with Gasteiger partial charge in [-0.05, 0) is 6.42 Å². The van der Waals surface area contributed by atoms with Crippen LogP contribution in [0.4, 0.5) is 13.2 Å². The van der Waals surface area contributed by atoms with Gasteiger partial charge < -0.3 is 9.84 Å². The van der Waals surface area contributed by atoms with Crippen LogP contribution in [-0.4, -0.2) is 29.6 Å². The van der Waals surface area contributed by atoms with Gasteiger partial charge in [-0.1, -0.05) is 13.3 Å². The molecule has 1 radical (unpaired) electrons. The van der Waals surface area contributed by atoms with Crippen molar-refractivity contribution < 1.29 is 32.9 Å². The summed E-state index contributed by atoms with van der Waals surface area (Å²) in [5.74, 6) is -6.91. The first-order chi connectivity index (χ1) is 6.25. The molecule has 4 nitrogen and oxygen atoms in total. The molecule has 0 aliphatic heterocycles. The van der Waals surface area contributed by atoms with Gasteiger partial charge in [0.1, 0.15) is 0 Å². The van der Waals surface area contributed by atoms with E-state index in [0.29, 0.717) is 6.42 Å². The lowest BCUT2D eigenvalue weighted by Gasteiger charge is -2.23. The zero-order valence-corrected chi connectivity index (χ0v) is 7.43. The Labute approximate surface area is 78.3 Å². The average molecular weight is 215 g/mol. The quantitative estimate of drug-likeness (QED) is 0.559. The summed E-state index contributed by atoms with van der Waals surface area (Å²) >= 11 is 0. The Morgan fingerprint density at radius 3 is 2.21 bits per heavy atom. The third-order valence-corrected chi connectivity index (χ3v) is 1.46. The summed E-state index contributed by atoms with van der Waals surface area (Å²) in [6.45, 7) is 1.15. The van der Waals surface area contributed by atoms with Crippen molar-refractivity contribution in [1.29, 1.82) is 0 Å². The van der Waals surface area contributed by atoms with Crippen molar-refractivity contribution in [1.82, 2.24) is 0 Å². The van der Waals surface area contributed by atoms with E-state index in [4.69, 9.17) is 5.11 Å². The fourth-order valence-electron chi connectivity index (χ4n) is 0.625. The number of alkyl halides is 3. The van der Waals surface area contributed by atoms with E-state index >= 15 is 0 Å². The highest BCUT2D eigenvalue weighted by atomic mass is 19.4. The van der Waals surface area contributed by atoms with Crippen molar-refractivity contribution in [3.8, 4) is 0 Å². The van der Waals surface area contributed by atoms with E-state index in [1.54, 1.807) is 6.92 Å². The van der Waals surface area contributed by atoms with Gasteiger partial charge in [-0.2, -0.15) is 18.3 Å². The van der Waals surface area contributed by atoms with Gasteiger partial charge >= 0.3 is 17.9 Å². The summed E-state index contributed by atoms with van der Waals surface area (Å²) in [4.78, 5) is 10.1. The van der Waals surface area contributed by atoms with Crippen LogP contribution in [0.25, 0.3) is 0 Å². The number of unbranched alkanes of at least 4 members (excludes halogenated alkanes) is 1. The van der Waals surface area contributed by atoms with Gasteiger partial charge in [0, 0.05) is 0 Å². The summed E-state index contributed by atoms with van der Waals surface area (Å²) in [6, 6.07) is 0. The van der Waals surface area contributed by atoms with Gasteiger partial charge in [-0.25, -0.2) is 4.79 Å². The van der Waals surface area contributed by atoms with E-state index in [9.17, 15) is 23.1 Å². The summed E-state index contributed by atoms with van der Waals surface area (Å²) in [7, 11) is 0. The Balaban J connectivity index is 4.50. The van der Waals surface area contributed by atoms with Crippen LogP contribution in [0.2, 0.25) is 0 Å². The zero-order chi connectivity index (χ0) is 11.4. The number of carbonyl (C=O) groups is 1. The van der Waals surface area contributed by atoms with Crippen molar-refractivity contribution in [3.05, 3.63) is 0 Å². The Hall–Kier alpha value is -0.820. The molecule has 0 bridgehead atoms. The summed E-state index contributed by atoms with van der Waals surface area (Å²) in [5.41, 5.74) is 0. The molecule has 0 heterocycles. The molecule has 0 saturated heterocycles. The maximum absolute atomic E-state index is 12.0. The molecule has 0 saturated carbocycles. The van der Waals surface area contributed by atoms with Crippen molar-refractivity contribution in [2.24, 2.45) is 0 Å². The van der Waals surface area contributed by atoms with Crippen LogP contribution >= 0.6 is 0 Å². The molecular weight excluding hydrogens is 205 g/mol. The lowest BCUT2D eigenvalue weighted by Crippen LogP contribution is -2.53. The van der Waals surface area contributed by atoms with Gasteiger partial charge in [0.25, 0.3) is 0 Å². The number of hydrogen-bond acceptors (Lipinski definition) is 2. The predicted octanol–water partition coefficient (Wildman–Crippen LogP) is 1.58. The van der Waals surface area contributed by atoms with E-state index < -0.39 is 24.5 Å². The SMILES string of the molecule is CCCCOC([O])(C(=O)O)C(F)(F)F. The third-order valence-electron chi connectivity index (χ3n) is 1.46. The Morgan fingerprint density at radius 1 is 1.43 bits per heavy atom. The number of hydrogen-bond donors (Lipinski definition) is 1. The molecule has 0 amide bonds. The van der Waals surface area contributed by atoms with Gasteiger partial charge in [0.2, 0.25) is 0 Å². The molecule has 0 aromatic carbocycles. The van der Waals surface area contributed by atoms with Gasteiger partial charge in [-0.15, -0.1) is 0 Å². The maximum Gasteiger partial charge on any atom is 0.458 e. The first-order valence-corrected chi connectivity index (χ1v) is 3.90. The minimum Gasteiger partial charge on any atom is -0.477 e. The smallest absolute Gasteiger partial charge is 0.458 e. The molecule has 0 aromatic rings. The molecule has 0 spiro atoms. The van der Waals surface area contributed by atoms with E-state index in [2.05, 4.69) is 4.74 Å². The fraction of sp³-hybridized carbons (Fsp3) is 0.857. The van der Waals surface area contributed by atoms with Gasteiger partial charge in [-0.3, -0.25) is 0 Å². The molecule has 1 atom stereocenters. The Bertz CT molecular complexity index is 204. The number of carboxylic acid groups (broad SMARTS) is 1. The highest BCUT2D eigenvalue weighted by Gasteiger charge is 2.64. The molecule has 1 N–H and O–H groups in total. The summed E-state index contributed by atoms with van der Waals surface area (Å²) in [6.07, 6.45) is -4.74. The Kier molecular flexibility index (Phi) is 4.34. The predicted molar refractivity (Wildman–Crippen MR) is 38.0 cm³/mol. The van der Waals surface area contributed by atoms with Crippen LogP contribution in [0.15, 0.2) is 0 Å². The van der Waals surface area contributed by atoms with E-state index in [-0.39, 0.29) is 6.42 Å². The maximum atomic E-state index is 12.0. The van der Waals surface area contributed by atoms with Crippen molar-refractivity contribution in [3.63, 3.8) is 0 Å². The molecule has 0 aliphatic carbocycles. The van der Waals surface area contributed by atoms with Crippen LogP contribution in [0.3, 0.4) is 0 Å².